The van der Waals surface area contributed by atoms with Crippen LogP contribution in [0.4, 0.5) is 4.53 Å². The van der Waals surface area contributed by atoms with Gasteiger partial charge in [-0.3, -0.25) is 0 Å². The maximum atomic E-state index is 11.5. The molecule has 0 aliphatic carbocycles. The molecular formula is C8H18FNO. The number of likely N-dealkylation sites (tertiary alicyclic amines) is 1. The molecule has 0 unspecified atom stereocenters. The van der Waals surface area contributed by atoms with Gasteiger partial charge in [-0.1, -0.05) is 13.8 Å². The summed E-state index contributed by atoms with van der Waals surface area (Å²) < 4.78 is 11.5. The van der Waals surface area contributed by atoms with E-state index in [1.54, 1.807) is 0 Å². The zero-order valence-corrected chi connectivity index (χ0v) is 7.64. The Bertz CT molecular complexity index is 82.2. The molecule has 0 aromatic heterocycles. The Hall–Kier alpha value is -0.150. The second kappa shape index (κ2) is 6.55. The molecule has 11 heavy (non-hydrogen) atoms. The fourth-order valence-corrected chi connectivity index (χ4v) is 1.07. The van der Waals surface area contributed by atoms with Crippen LogP contribution in [0.1, 0.15) is 26.7 Å². The van der Waals surface area contributed by atoms with Gasteiger partial charge >= 0.3 is 0 Å². The Kier molecular flexibility index (Phi) is 6.46. The van der Waals surface area contributed by atoms with Crippen LogP contribution in [0.2, 0.25) is 0 Å². The molecule has 0 amide bonds. The summed E-state index contributed by atoms with van der Waals surface area (Å²) in [4.78, 5) is 5.89. The van der Waals surface area contributed by atoms with Gasteiger partial charge in [0.25, 0.3) is 0 Å². The quantitative estimate of drug-likeness (QED) is 0.586. The van der Waals surface area contributed by atoms with Crippen molar-refractivity contribution in [3.63, 3.8) is 0 Å². The number of piperidine rings is 1. The molecule has 0 spiro atoms. The lowest BCUT2D eigenvalue weighted by Crippen LogP contribution is -2.33. The minimum Gasteiger partial charge on any atom is -0.306 e. The second-order valence-electron chi connectivity index (χ2n) is 2.59. The number of nitrogens with zero attached hydrogens (tertiary/aromatic N) is 1. The van der Waals surface area contributed by atoms with Crippen molar-refractivity contribution in [3.8, 4) is 0 Å². The van der Waals surface area contributed by atoms with Gasteiger partial charge in [-0.2, -0.15) is 4.94 Å². The summed E-state index contributed by atoms with van der Waals surface area (Å²) in [5, 5.41) is 0. The van der Waals surface area contributed by atoms with Crippen molar-refractivity contribution in [2.24, 2.45) is 0 Å². The van der Waals surface area contributed by atoms with Crippen molar-refractivity contribution >= 4 is 0 Å². The summed E-state index contributed by atoms with van der Waals surface area (Å²) in [7, 11) is 2.04. The normalized spacial score (nSPS) is 20.7. The molecule has 3 heteroatoms. The molecule has 0 aromatic rings. The highest BCUT2D eigenvalue weighted by atomic mass is 19.3. The third-order valence-corrected chi connectivity index (χ3v) is 1.79. The van der Waals surface area contributed by atoms with Crippen LogP contribution in [0, 0.1) is 0 Å². The molecule has 2 nitrogen and oxygen atoms in total. The summed E-state index contributed by atoms with van der Waals surface area (Å²) >= 11 is 0. The van der Waals surface area contributed by atoms with E-state index in [1.807, 2.05) is 20.9 Å². The monoisotopic (exact) mass is 163 g/mol. The van der Waals surface area contributed by atoms with Gasteiger partial charge < -0.3 is 4.90 Å². The SMILES string of the molecule is CC.CN1CCC(OF)CC1. The molecule has 0 bridgehead atoms. The van der Waals surface area contributed by atoms with Crippen LogP contribution in [0.5, 0.6) is 0 Å². The topological polar surface area (TPSA) is 12.5 Å². The standard InChI is InChI=1S/C6H12FNO.C2H6/c1-8-4-2-6(9-7)3-5-8;1-2/h6H,2-5H2,1H3;1-2H3. The van der Waals surface area contributed by atoms with Crippen molar-refractivity contribution in [2.75, 3.05) is 20.1 Å². The molecule has 1 heterocycles. The highest BCUT2D eigenvalue weighted by molar-refractivity contribution is 4.68. The first-order valence-corrected chi connectivity index (χ1v) is 4.29. The highest BCUT2D eigenvalue weighted by Gasteiger charge is 2.16. The molecule has 1 aliphatic rings. The molecule has 68 valence electrons. The molecular weight excluding hydrogens is 145 g/mol. The van der Waals surface area contributed by atoms with Crippen LogP contribution in [-0.4, -0.2) is 31.1 Å². The van der Waals surface area contributed by atoms with Crippen molar-refractivity contribution in [1.29, 1.82) is 0 Å². The van der Waals surface area contributed by atoms with E-state index in [0.29, 0.717) is 0 Å². The summed E-state index contributed by atoms with van der Waals surface area (Å²) in [5.41, 5.74) is 0. The Balaban J connectivity index is 0.000000461. The summed E-state index contributed by atoms with van der Waals surface area (Å²) in [6.45, 7) is 5.91. The average Bonchev–Trinajstić information content (AvgIpc) is 2.10. The zero-order chi connectivity index (χ0) is 8.69. The summed E-state index contributed by atoms with van der Waals surface area (Å²) in [6.07, 6.45) is 1.51. The van der Waals surface area contributed by atoms with Crippen LogP contribution in [0.3, 0.4) is 0 Å². The van der Waals surface area contributed by atoms with Gasteiger partial charge in [0.1, 0.15) is 6.10 Å². The van der Waals surface area contributed by atoms with E-state index < -0.39 is 0 Å². The average molecular weight is 163 g/mol. The van der Waals surface area contributed by atoms with Crippen LogP contribution in [0.15, 0.2) is 0 Å². The predicted octanol–water partition coefficient (Wildman–Crippen LogP) is 2.01. The fourth-order valence-electron chi connectivity index (χ4n) is 1.07. The van der Waals surface area contributed by atoms with Crippen LogP contribution in [-0.2, 0) is 4.94 Å². The van der Waals surface area contributed by atoms with E-state index in [0.717, 1.165) is 25.9 Å². The Morgan fingerprint density at radius 3 is 2.09 bits per heavy atom. The molecule has 1 rings (SSSR count). The smallest absolute Gasteiger partial charge is 0.101 e. The third kappa shape index (κ3) is 4.32. The third-order valence-electron chi connectivity index (χ3n) is 1.79. The first kappa shape index (κ1) is 10.8. The van der Waals surface area contributed by atoms with Gasteiger partial charge in [0.2, 0.25) is 0 Å². The number of hydrogen-bond donors (Lipinski definition) is 0. The molecule has 0 saturated carbocycles. The van der Waals surface area contributed by atoms with Crippen molar-refractivity contribution in [2.45, 2.75) is 32.8 Å². The molecule has 0 N–H and O–H groups in total. The van der Waals surface area contributed by atoms with Crippen molar-refractivity contribution in [3.05, 3.63) is 0 Å². The van der Waals surface area contributed by atoms with Gasteiger partial charge in [-0.15, -0.1) is 0 Å². The predicted molar refractivity (Wildman–Crippen MR) is 44.1 cm³/mol. The summed E-state index contributed by atoms with van der Waals surface area (Å²) in [6, 6.07) is 0. The maximum Gasteiger partial charge on any atom is 0.101 e. The fraction of sp³-hybridized carbons (Fsp3) is 1.00. The van der Waals surface area contributed by atoms with E-state index in [4.69, 9.17) is 0 Å². The lowest BCUT2D eigenvalue weighted by Gasteiger charge is -2.25. The zero-order valence-electron chi connectivity index (χ0n) is 7.64. The van der Waals surface area contributed by atoms with Gasteiger partial charge in [0, 0.05) is 13.1 Å². The van der Waals surface area contributed by atoms with E-state index in [9.17, 15) is 4.53 Å². The molecule has 1 aliphatic heterocycles. The lowest BCUT2D eigenvalue weighted by molar-refractivity contribution is -0.190. The molecule has 1 fully saturated rings. The lowest BCUT2D eigenvalue weighted by atomic mass is 10.1. The first-order chi connectivity index (χ1) is 5.33. The van der Waals surface area contributed by atoms with Crippen LogP contribution >= 0.6 is 0 Å². The first-order valence-electron chi connectivity index (χ1n) is 4.29. The van der Waals surface area contributed by atoms with E-state index in [1.165, 1.54) is 0 Å². The highest BCUT2D eigenvalue weighted by Crippen LogP contribution is 2.11. The number of hydrogen-bond acceptors (Lipinski definition) is 2. The van der Waals surface area contributed by atoms with Crippen LogP contribution < -0.4 is 0 Å². The number of rotatable bonds is 1. The Morgan fingerprint density at radius 1 is 1.27 bits per heavy atom. The van der Waals surface area contributed by atoms with Crippen molar-refractivity contribution < 1.29 is 9.47 Å². The van der Waals surface area contributed by atoms with Gasteiger partial charge in [-0.25, -0.2) is 0 Å². The van der Waals surface area contributed by atoms with Gasteiger partial charge in [0.05, 0.1) is 0 Å². The molecule has 0 aromatic carbocycles. The maximum absolute atomic E-state index is 11.5. The molecule has 1 saturated heterocycles. The molecule has 0 radical (unpaired) electrons. The second-order valence-corrected chi connectivity index (χ2v) is 2.59. The van der Waals surface area contributed by atoms with E-state index in [-0.39, 0.29) is 6.10 Å². The van der Waals surface area contributed by atoms with Crippen LogP contribution in [0.25, 0.3) is 0 Å². The Labute approximate surface area is 68.2 Å². The Morgan fingerprint density at radius 2 is 1.73 bits per heavy atom. The van der Waals surface area contributed by atoms with E-state index >= 15 is 0 Å². The van der Waals surface area contributed by atoms with Gasteiger partial charge in [0.15, 0.2) is 0 Å². The largest absolute Gasteiger partial charge is 0.306 e. The minimum atomic E-state index is -0.138. The minimum absolute atomic E-state index is 0.138. The van der Waals surface area contributed by atoms with Crippen molar-refractivity contribution in [1.82, 2.24) is 4.90 Å². The summed E-state index contributed by atoms with van der Waals surface area (Å²) in [5.74, 6) is 0. The number of halogens is 1. The van der Waals surface area contributed by atoms with E-state index in [2.05, 4.69) is 9.84 Å². The van der Waals surface area contributed by atoms with Gasteiger partial charge in [-0.05, 0) is 24.4 Å². The molecule has 0 atom stereocenters.